The number of nitrogens with zero attached hydrogens (tertiary/aromatic N) is 2. The Morgan fingerprint density at radius 1 is 1.53 bits per heavy atom. The van der Waals surface area contributed by atoms with Gasteiger partial charge in [0.1, 0.15) is 12.1 Å². The quantitative estimate of drug-likeness (QED) is 0.833. The van der Waals surface area contributed by atoms with Crippen molar-refractivity contribution in [1.29, 1.82) is 0 Å². The number of aromatic nitrogens is 3. The van der Waals surface area contributed by atoms with Crippen molar-refractivity contribution in [2.45, 2.75) is 26.5 Å². The molecule has 0 aliphatic heterocycles. The lowest BCUT2D eigenvalue weighted by Gasteiger charge is -2.12. The van der Waals surface area contributed by atoms with Crippen LogP contribution in [0.4, 0.5) is 0 Å². The molecule has 0 unspecified atom stereocenters. The van der Waals surface area contributed by atoms with Crippen LogP contribution in [0.15, 0.2) is 24.5 Å². The second-order valence-corrected chi connectivity index (χ2v) is 5.09. The lowest BCUT2D eigenvalue weighted by atomic mass is 10.2. The standard InChI is InChI=1S/C12H15ClN4OS/c1-8(2)18-11-4-3-9(5-10(11)13)6-15-17-7-14-16-12(17)19/h3-5,7-8,15H,6H2,1-2H3,(H,16,19). The molecule has 1 heterocycles. The second-order valence-electron chi connectivity index (χ2n) is 4.30. The Kier molecular flexibility index (Phi) is 4.44. The first kappa shape index (κ1) is 13.9. The van der Waals surface area contributed by atoms with E-state index in [2.05, 4.69) is 15.6 Å². The van der Waals surface area contributed by atoms with Gasteiger partial charge in [0.05, 0.1) is 17.7 Å². The number of hydrogen-bond acceptors (Lipinski definition) is 4. The molecule has 1 aromatic heterocycles. The summed E-state index contributed by atoms with van der Waals surface area (Å²) < 4.78 is 7.74. The van der Waals surface area contributed by atoms with E-state index in [1.165, 1.54) is 0 Å². The van der Waals surface area contributed by atoms with Crippen molar-refractivity contribution in [3.05, 3.63) is 39.9 Å². The average Bonchev–Trinajstić information content (AvgIpc) is 2.75. The molecule has 1 aromatic carbocycles. The molecule has 0 spiro atoms. The van der Waals surface area contributed by atoms with Gasteiger partial charge < -0.3 is 10.2 Å². The molecule has 0 aliphatic rings. The average molecular weight is 299 g/mol. The third-order valence-corrected chi connectivity index (χ3v) is 2.95. The van der Waals surface area contributed by atoms with Gasteiger partial charge in [0.25, 0.3) is 0 Å². The van der Waals surface area contributed by atoms with Gasteiger partial charge in [-0.15, -0.1) is 0 Å². The van der Waals surface area contributed by atoms with Crippen molar-refractivity contribution in [2.24, 2.45) is 0 Å². The minimum absolute atomic E-state index is 0.103. The Balaban J connectivity index is 2.04. The molecule has 0 saturated heterocycles. The molecule has 2 aromatic rings. The van der Waals surface area contributed by atoms with Crippen molar-refractivity contribution >= 4 is 23.8 Å². The fraction of sp³-hybridized carbons (Fsp3) is 0.333. The van der Waals surface area contributed by atoms with Crippen molar-refractivity contribution in [3.63, 3.8) is 0 Å². The molecular formula is C12H15ClN4OS. The zero-order chi connectivity index (χ0) is 13.8. The van der Waals surface area contributed by atoms with Gasteiger partial charge in [-0.25, -0.2) is 4.68 Å². The van der Waals surface area contributed by atoms with E-state index in [1.807, 2.05) is 32.0 Å². The number of nitrogens with one attached hydrogen (secondary N) is 2. The number of halogens is 1. The van der Waals surface area contributed by atoms with Gasteiger partial charge in [-0.1, -0.05) is 17.7 Å². The highest BCUT2D eigenvalue weighted by Crippen LogP contribution is 2.26. The van der Waals surface area contributed by atoms with Crippen LogP contribution in [0, 0.1) is 4.77 Å². The fourth-order valence-corrected chi connectivity index (χ4v) is 1.95. The van der Waals surface area contributed by atoms with Gasteiger partial charge in [0.15, 0.2) is 0 Å². The van der Waals surface area contributed by atoms with Crippen molar-refractivity contribution in [3.8, 4) is 5.75 Å². The van der Waals surface area contributed by atoms with Gasteiger partial charge >= 0.3 is 0 Å². The molecule has 0 bridgehead atoms. The zero-order valence-electron chi connectivity index (χ0n) is 10.7. The monoisotopic (exact) mass is 298 g/mol. The highest BCUT2D eigenvalue weighted by atomic mass is 35.5. The summed E-state index contributed by atoms with van der Waals surface area (Å²) in [6.07, 6.45) is 1.69. The minimum atomic E-state index is 0.103. The van der Waals surface area contributed by atoms with E-state index in [0.29, 0.717) is 22.1 Å². The largest absolute Gasteiger partial charge is 0.489 e. The summed E-state index contributed by atoms with van der Waals surface area (Å²) in [5, 5.41) is 7.09. The lowest BCUT2D eigenvalue weighted by molar-refractivity contribution is 0.242. The van der Waals surface area contributed by atoms with E-state index in [1.54, 1.807) is 11.0 Å². The topological polar surface area (TPSA) is 54.9 Å². The molecule has 102 valence electrons. The normalized spacial score (nSPS) is 10.7. The lowest BCUT2D eigenvalue weighted by Crippen LogP contribution is -2.13. The van der Waals surface area contributed by atoms with Crippen LogP contribution in [0.2, 0.25) is 5.02 Å². The molecule has 0 radical (unpaired) electrons. The fourth-order valence-electron chi connectivity index (χ4n) is 1.54. The molecule has 2 rings (SSSR count). The first-order chi connectivity index (χ1) is 9.06. The van der Waals surface area contributed by atoms with Gasteiger partial charge in [-0.3, -0.25) is 5.10 Å². The molecule has 2 N–H and O–H groups in total. The Bertz CT molecular complexity index is 608. The van der Waals surface area contributed by atoms with E-state index in [0.717, 1.165) is 5.56 Å². The molecule has 7 heteroatoms. The van der Waals surface area contributed by atoms with E-state index < -0.39 is 0 Å². The SMILES string of the molecule is CC(C)Oc1ccc(CNn2cn[nH]c2=S)cc1Cl. The summed E-state index contributed by atoms with van der Waals surface area (Å²) in [5.41, 5.74) is 4.15. The molecule has 5 nitrogen and oxygen atoms in total. The van der Waals surface area contributed by atoms with E-state index in [9.17, 15) is 0 Å². The molecular weight excluding hydrogens is 284 g/mol. The van der Waals surface area contributed by atoms with E-state index in [4.69, 9.17) is 28.6 Å². The second kappa shape index (κ2) is 6.08. The summed E-state index contributed by atoms with van der Waals surface area (Å²) in [5.74, 6) is 0.695. The van der Waals surface area contributed by atoms with Crippen LogP contribution in [0.1, 0.15) is 19.4 Å². The third-order valence-electron chi connectivity index (χ3n) is 2.36. The van der Waals surface area contributed by atoms with Crippen LogP contribution >= 0.6 is 23.8 Å². The predicted molar refractivity (Wildman–Crippen MR) is 77.7 cm³/mol. The van der Waals surface area contributed by atoms with Crippen LogP contribution in [-0.4, -0.2) is 21.0 Å². The Labute approximate surface area is 121 Å². The first-order valence-electron chi connectivity index (χ1n) is 5.87. The molecule has 0 atom stereocenters. The van der Waals surface area contributed by atoms with Crippen molar-refractivity contribution in [1.82, 2.24) is 14.9 Å². The number of ether oxygens (including phenoxy) is 1. The summed E-state index contributed by atoms with van der Waals surface area (Å²) in [4.78, 5) is 0. The van der Waals surface area contributed by atoms with E-state index >= 15 is 0 Å². The molecule has 0 aliphatic carbocycles. The van der Waals surface area contributed by atoms with Crippen LogP contribution in [0.3, 0.4) is 0 Å². The molecule has 0 amide bonds. The third kappa shape index (κ3) is 3.71. The Morgan fingerprint density at radius 3 is 2.89 bits per heavy atom. The number of H-pyrrole nitrogens is 1. The maximum Gasteiger partial charge on any atom is 0.214 e. The first-order valence-corrected chi connectivity index (χ1v) is 6.66. The maximum absolute atomic E-state index is 6.17. The summed E-state index contributed by atoms with van der Waals surface area (Å²) >= 11 is 11.2. The number of benzene rings is 1. The molecule has 0 saturated carbocycles. The van der Waals surface area contributed by atoms with Crippen LogP contribution in [-0.2, 0) is 6.54 Å². The van der Waals surface area contributed by atoms with Gasteiger partial charge in [-0.2, -0.15) is 5.10 Å². The highest BCUT2D eigenvalue weighted by molar-refractivity contribution is 7.71. The van der Waals surface area contributed by atoms with E-state index in [-0.39, 0.29) is 6.10 Å². The van der Waals surface area contributed by atoms with Crippen molar-refractivity contribution in [2.75, 3.05) is 5.43 Å². The Hall–Kier alpha value is -1.53. The smallest absolute Gasteiger partial charge is 0.214 e. The molecule has 19 heavy (non-hydrogen) atoms. The summed E-state index contributed by atoms with van der Waals surface area (Å²) in [6.45, 7) is 4.52. The predicted octanol–water partition coefficient (Wildman–Crippen LogP) is 3.12. The van der Waals surface area contributed by atoms with Crippen LogP contribution in [0.5, 0.6) is 5.75 Å². The minimum Gasteiger partial charge on any atom is -0.489 e. The van der Waals surface area contributed by atoms with Gasteiger partial charge in [-0.05, 0) is 43.8 Å². The van der Waals surface area contributed by atoms with Crippen LogP contribution < -0.4 is 10.2 Å². The number of rotatable bonds is 5. The number of aromatic amines is 1. The summed E-state index contributed by atoms with van der Waals surface area (Å²) in [7, 11) is 0. The zero-order valence-corrected chi connectivity index (χ0v) is 12.3. The maximum atomic E-state index is 6.17. The Morgan fingerprint density at radius 2 is 2.32 bits per heavy atom. The highest BCUT2D eigenvalue weighted by Gasteiger charge is 2.05. The molecule has 0 fully saturated rings. The van der Waals surface area contributed by atoms with Gasteiger partial charge in [0, 0.05) is 0 Å². The van der Waals surface area contributed by atoms with Gasteiger partial charge in [0.2, 0.25) is 4.77 Å². The summed E-state index contributed by atoms with van der Waals surface area (Å²) in [6, 6.07) is 5.70. The number of hydrogen-bond donors (Lipinski definition) is 2. The van der Waals surface area contributed by atoms with Crippen LogP contribution in [0.25, 0.3) is 0 Å². The van der Waals surface area contributed by atoms with Crippen molar-refractivity contribution < 1.29 is 4.74 Å².